The predicted molar refractivity (Wildman–Crippen MR) is 125 cm³/mol. The van der Waals surface area contributed by atoms with Crippen molar-refractivity contribution in [3.05, 3.63) is 48.2 Å². The standard InChI is InChI=1S/C25H30N4O3/c30-22-9-7-20-8-10-23(27-25(20)26-22)31-17-2-1-12-28-13-4-14-29(16-15-28)21-6-3-5-19-11-18-32-24(19)21/h3,5-6,8,10-11,18H,1-2,4,7,9,12-17H2,(H,26,27,30). The third kappa shape index (κ3) is 4.72. The number of aryl methyl sites for hydroxylation is 1. The van der Waals surface area contributed by atoms with E-state index >= 15 is 0 Å². The van der Waals surface area contributed by atoms with E-state index < -0.39 is 0 Å². The Bertz CT molecular complexity index is 1080. The van der Waals surface area contributed by atoms with Gasteiger partial charge in [-0.2, -0.15) is 4.98 Å². The number of furan rings is 1. The number of carbonyl (C=O) groups excluding carboxylic acids is 1. The summed E-state index contributed by atoms with van der Waals surface area (Å²) >= 11 is 0. The van der Waals surface area contributed by atoms with Crippen molar-refractivity contribution in [3.8, 4) is 5.88 Å². The van der Waals surface area contributed by atoms with Crippen molar-refractivity contribution in [1.29, 1.82) is 0 Å². The molecule has 2 aliphatic rings. The minimum absolute atomic E-state index is 0.0269. The molecule has 2 aromatic heterocycles. The van der Waals surface area contributed by atoms with Crippen LogP contribution in [0.4, 0.5) is 11.5 Å². The molecule has 32 heavy (non-hydrogen) atoms. The molecule has 1 amide bonds. The predicted octanol–water partition coefficient (Wildman–Crippen LogP) is 4.08. The lowest BCUT2D eigenvalue weighted by Crippen LogP contribution is -2.31. The van der Waals surface area contributed by atoms with Gasteiger partial charge in [0.25, 0.3) is 0 Å². The van der Waals surface area contributed by atoms with E-state index in [4.69, 9.17) is 9.15 Å². The van der Waals surface area contributed by atoms with Crippen molar-refractivity contribution in [2.45, 2.75) is 32.1 Å². The van der Waals surface area contributed by atoms with Crippen LogP contribution in [0.2, 0.25) is 0 Å². The van der Waals surface area contributed by atoms with Crippen LogP contribution in [0, 0.1) is 0 Å². The fraction of sp³-hybridized carbons (Fsp3) is 0.440. The van der Waals surface area contributed by atoms with E-state index in [1.54, 1.807) is 6.26 Å². The lowest BCUT2D eigenvalue weighted by molar-refractivity contribution is -0.116. The lowest BCUT2D eigenvalue weighted by Gasteiger charge is -2.23. The number of para-hydroxylation sites is 1. The first-order chi connectivity index (χ1) is 15.8. The maximum atomic E-state index is 11.6. The van der Waals surface area contributed by atoms with E-state index in [1.807, 2.05) is 18.2 Å². The molecule has 4 heterocycles. The molecule has 1 saturated heterocycles. The molecule has 1 N–H and O–H groups in total. The number of ether oxygens (including phenoxy) is 1. The largest absolute Gasteiger partial charge is 0.478 e. The Labute approximate surface area is 188 Å². The molecule has 0 atom stereocenters. The highest BCUT2D eigenvalue weighted by Gasteiger charge is 2.18. The minimum Gasteiger partial charge on any atom is -0.478 e. The molecule has 0 aliphatic carbocycles. The van der Waals surface area contributed by atoms with Crippen LogP contribution in [0.5, 0.6) is 5.88 Å². The smallest absolute Gasteiger partial charge is 0.225 e. The second-order valence-corrected chi connectivity index (χ2v) is 8.56. The zero-order chi connectivity index (χ0) is 21.8. The van der Waals surface area contributed by atoms with Crippen molar-refractivity contribution >= 4 is 28.4 Å². The van der Waals surface area contributed by atoms with Crippen molar-refractivity contribution in [2.75, 3.05) is 49.5 Å². The van der Waals surface area contributed by atoms with Crippen LogP contribution in [-0.2, 0) is 11.2 Å². The molecule has 2 aliphatic heterocycles. The Morgan fingerprint density at radius 3 is 2.97 bits per heavy atom. The summed E-state index contributed by atoms with van der Waals surface area (Å²) in [5.74, 6) is 1.26. The first-order valence-electron chi connectivity index (χ1n) is 11.6. The molecule has 7 nitrogen and oxygen atoms in total. The third-order valence-electron chi connectivity index (χ3n) is 6.34. The van der Waals surface area contributed by atoms with Gasteiger partial charge in [-0.25, -0.2) is 0 Å². The van der Waals surface area contributed by atoms with Crippen LogP contribution < -0.4 is 15.0 Å². The van der Waals surface area contributed by atoms with Gasteiger partial charge in [-0.05, 0) is 62.5 Å². The number of fused-ring (bicyclic) bond motifs is 2. The summed E-state index contributed by atoms with van der Waals surface area (Å²) in [7, 11) is 0. The molecule has 168 valence electrons. The molecule has 0 radical (unpaired) electrons. The monoisotopic (exact) mass is 434 g/mol. The molecule has 1 fully saturated rings. The van der Waals surface area contributed by atoms with Crippen molar-refractivity contribution < 1.29 is 13.9 Å². The van der Waals surface area contributed by atoms with E-state index in [0.29, 0.717) is 24.7 Å². The fourth-order valence-corrected chi connectivity index (χ4v) is 4.58. The molecule has 3 aromatic rings. The summed E-state index contributed by atoms with van der Waals surface area (Å²) in [6, 6.07) is 12.3. The Morgan fingerprint density at radius 1 is 1.03 bits per heavy atom. The normalized spacial score (nSPS) is 17.1. The summed E-state index contributed by atoms with van der Waals surface area (Å²) in [6.07, 6.45) is 6.28. The Morgan fingerprint density at radius 2 is 2.00 bits per heavy atom. The van der Waals surface area contributed by atoms with Crippen LogP contribution in [0.1, 0.15) is 31.2 Å². The quantitative estimate of drug-likeness (QED) is 0.565. The average Bonchev–Trinajstić information content (AvgIpc) is 3.17. The number of anilines is 2. The van der Waals surface area contributed by atoms with Crippen molar-refractivity contribution in [2.24, 2.45) is 0 Å². The zero-order valence-electron chi connectivity index (χ0n) is 18.4. The van der Waals surface area contributed by atoms with Gasteiger partial charge in [-0.1, -0.05) is 12.1 Å². The number of carbonyl (C=O) groups is 1. The Kier molecular flexibility index (Phi) is 6.25. The molecular formula is C25H30N4O3. The van der Waals surface area contributed by atoms with E-state index in [-0.39, 0.29) is 5.91 Å². The highest BCUT2D eigenvalue weighted by Crippen LogP contribution is 2.28. The molecule has 0 saturated carbocycles. The number of benzene rings is 1. The van der Waals surface area contributed by atoms with E-state index in [9.17, 15) is 4.79 Å². The third-order valence-corrected chi connectivity index (χ3v) is 6.34. The summed E-state index contributed by atoms with van der Waals surface area (Å²) in [4.78, 5) is 21.0. The van der Waals surface area contributed by atoms with Gasteiger partial charge in [0, 0.05) is 37.5 Å². The van der Waals surface area contributed by atoms with Crippen LogP contribution in [0.3, 0.4) is 0 Å². The lowest BCUT2D eigenvalue weighted by atomic mass is 10.1. The number of nitrogens with zero attached hydrogens (tertiary/aromatic N) is 3. The van der Waals surface area contributed by atoms with E-state index in [1.165, 1.54) is 11.1 Å². The highest BCUT2D eigenvalue weighted by molar-refractivity contribution is 5.92. The van der Waals surface area contributed by atoms with Gasteiger partial charge in [0.05, 0.1) is 18.6 Å². The minimum atomic E-state index is 0.0269. The van der Waals surface area contributed by atoms with Gasteiger partial charge in [-0.3, -0.25) is 4.79 Å². The van der Waals surface area contributed by atoms with Gasteiger partial charge >= 0.3 is 0 Å². The summed E-state index contributed by atoms with van der Waals surface area (Å²) in [5.41, 5.74) is 3.28. The SMILES string of the molecule is O=C1CCc2ccc(OCCCCN3CCCN(c4cccc5ccoc45)CC3)nc2N1. The second-order valence-electron chi connectivity index (χ2n) is 8.56. The van der Waals surface area contributed by atoms with Gasteiger partial charge in [0.15, 0.2) is 5.58 Å². The van der Waals surface area contributed by atoms with Crippen LogP contribution in [-0.4, -0.2) is 55.1 Å². The van der Waals surface area contributed by atoms with Crippen molar-refractivity contribution in [3.63, 3.8) is 0 Å². The van der Waals surface area contributed by atoms with Gasteiger partial charge in [-0.15, -0.1) is 0 Å². The number of unbranched alkanes of at least 4 members (excludes halogenated alkanes) is 1. The summed E-state index contributed by atoms with van der Waals surface area (Å²) < 4.78 is 11.6. The maximum Gasteiger partial charge on any atom is 0.225 e. The molecule has 1 aromatic carbocycles. The first-order valence-corrected chi connectivity index (χ1v) is 11.6. The van der Waals surface area contributed by atoms with Gasteiger partial charge in [0.1, 0.15) is 5.82 Å². The van der Waals surface area contributed by atoms with Gasteiger partial charge in [0.2, 0.25) is 11.8 Å². The van der Waals surface area contributed by atoms with Crippen LogP contribution in [0.15, 0.2) is 47.1 Å². The average molecular weight is 435 g/mol. The number of pyridine rings is 1. The molecule has 0 spiro atoms. The maximum absolute atomic E-state index is 11.6. The number of nitrogens with one attached hydrogen (secondary N) is 1. The Hall–Kier alpha value is -3.06. The first kappa shape index (κ1) is 20.8. The number of amides is 1. The molecule has 0 bridgehead atoms. The van der Waals surface area contributed by atoms with Crippen molar-refractivity contribution in [1.82, 2.24) is 9.88 Å². The van der Waals surface area contributed by atoms with Crippen LogP contribution >= 0.6 is 0 Å². The molecule has 7 heteroatoms. The number of aromatic nitrogens is 1. The number of hydrogen-bond donors (Lipinski definition) is 1. The molecular weight excluding hydrogens is 404 g/mol. The summed E-state index contributed by atoms with van der Waals surface area (Å²) in [5, 5.41) is 3.99. The Balaban J connectivity index is 1.06. The zero-order valence-corrected chi connectivity index (χ0v) is 18.4. The molecule has 0 unspecified atom stereocenters. The summed E-state index contributed by atoms with van der Waals surface area (Å²) in [6.45, 7) is 5.97. The second kappa shape index (κ2) is 9.61. The van der Waals surface area contributed by atoms with Crippen LogP contribution in [0.25, 0.3) is 11.0 Å². The topological polar surface area (TPSA) is 70.8 Å². The van der Waals surface area contributed by atoms with E-state index in [2.05, 4.69) is 38.3 Å². The molecule has 5 rings (SSSR count). The number of rotatable bonds is 7. The highest BCUT2D eigenvalue weighted by atomic mass is 16.5. The number of hydrogen-bond acceptors (Lipinski definition) is 6. The van der Waals surface area contributed by atoms with Gasteiger partial charge < -0.3 is 24.3 Å². The fourth-order valence-electron chi connectivity index (χ4n) is 4.58. The van der Waals surface area contributed by atoms with E-state index in [0.717, 1.165) is 69.6 Å².